The first-order valence-corrected chi connectivity index (χ1v) is 6.67. The Bertz CT molecular complexity index is 143. The third-order valence-corrected chi connectivity index (χ3v) is 1.88. The summed E-state index contributed by atoms with van der Waals surface area (Å²) in [5.74, 6) is 0. The van der Waals surface area contributed by atoms with Gasteiger partial charge in [-0.3, -0.25) is 0 Å². The van der Waals surface area contributed by atoms with Crippen LogP contribution in [0.15, 0.2) is 0 Å². The lowest BCUT2D eigenvalue weighted by Crippen LogP contribution is -2.35. The van der Waals surface area contributed by atoms with Gasteiger partial charge < -0.3 is 9.64 Å². The van der Waals surface area contributed by atoms with Gasteiger partial charge in [0.2, 0.25) is 0 Å². The smallest absolute Gasteiger partial charge is 0.409 e. The molecule has 1 heterocycles. The molecule has 1 amide bonds. The molecule has 0 atom stereocenters. The van der Waals surface area contributed by atoms with E-state index in [-0.39, 0.29) is 6.09 Å². The average Bonchev–Trinajstić information content (AvgIpc) is 2.34. The average molecular weight is 231 g/mol. The number of piperidine rings is 1. The molecule has 1 rings (SSSR count). The maximum atomic E-state index is 11.1. The van der Waals surface area contributed by atoms with Crippen molar-refractivity contribution in [3.05, 3.63) is 0 Å². The Labute approximate surface area is 101 Å². The first kappa shape index (κ1) is 17.7. The molecule has 1 aliphatic heterocycles. The molecule has 1 saturated heterocycles. The minimum Gasteiger partial charge on any atom is -0.450 e. The molecule has 0 aliphatic carbocycles. The third-order valence-electron chi connectivity index (χ3n) is 1.88. The normalized spacial score (nSPS) is 13.9. The Morgan fingerprint density at radius 3 is 1.88 bits per heavy atom. The van der Waals surface area contributed by atoms with Crippen LogP contribution in [-0.4, -0.2) is 30.7 Å². The highest BCUT2D eigenvalue weighted by molar-refractivity contribution is 5.67. The molecule has 0 unspecified atom stereocenters. The first-order valence-electron chi connectivity index (χ1n) is 6.67. The van der Waals surface area contributed by atoms with Crippen molar-refractivity contribution < 1.29 is 9.53 Å². The lowest BCUT2D eigenvalue weighted by molar-refractivity contribution is 0.0997. The molecular formula is C13H29NO2. The number of hydrogen-bond donors (Lipinski definition) is 0. The van der Waals surface area contributed by atoms with Gasteiger partial charge in [-0.05, 0) is 26.2 Å². The maximum absolute atomic E-state index is 11.1. The molecule has 16 heavy (non-hydrogen) atoms. The molecule has 3 heteroatoms. The Kier molecular flexibility index (Phi) is 15.7. The van der Waals surface area contributed by atoms with Crippen molar-refractivity contribution in [3.63, 3.8) is 0 Å². The topological polar surface area (TPSA) is 29.5 Å². The van der Waals surface area contributed by atoms with Gasteiger partial charge in [-0.1, -0.05) is 34.1 Å². The molecule has 0 aromatic heterocycles. The van der Waals surface area contributed by atoms with Crippen LogP contribution < -0.4 is 0 Å². The van der Waals surface area contributed by atoms with Gasteiger partial charge in [-0.2, -0.15) is 0 Å². The van der Waals surface area contributed by atoms with Crippen LogP contribution in [0.1, 0.15) is 60.3 Å². The zero-order valence-electron chi connectivity index (χ0n) is 11.7. The van der Waals surface area contributed by atoms with E-state index in [1.54, 1.807) is 4.90 Å². The molecule has 0 aromatic rings. The molecule has 3 nitrogen and oxygen atoms in total. The number of ether oxygens (including phenoxy) is 1. The predicted molar refractivity (Wildman–Crippen MR) is 69.8 cm³/mol. The molecule has 1 fully saturated rings. The van der Waals surface area contributed by atoms with Gasteiger partial charge in [0.1, 0.15) is 0 Å². The number of carbonyl (C=O) groups is 1. The third kappa shape index (κ3) is 9.81. The van der Waals surface area contributed by atoms with Gasteiger partial charge in [-0.25, -0.2) is 4.79 Å². The number of likely N-dealkylation sites (tertiary alicyclic amines) is 1. The number of amides is 1. The van der Waals surface area contributed by atoms with Crippen molar-refractivity contribution in [2.75, 3.05) is 19.7 Å². The Morgan fingerprint density at radius 1 is 1.06 bits per heavy atom. The van der Waals surface area contributed by atoms with Gasteiger partial charge in [0, 0.05) is 13.1 Å². The van der Waals surface area contributed by atoms with Crippen molar-refractivity contribution in [1.29, 1.82) is 0 Å². The summed E-state index contributed by atoms with van der Waals surface area (Å²) in [5, 5.41) is 0. The van der Waals surface area contributed by atoms with Crippen LogP contribution in [0.3, 0.4) is 0 Å². The molecule has 0 aromatic carbocycles. The summed E-state index contributed by atoms with van der Waals surface area (Å²) in [6.45, 7) is 12.3. The Balaban J connectivity index is 0. The minimum absolute atomic E-state index is 0.146. The van der Waals surface area contributed by atoms with E-state index in [1.807, 2.05) is 20.8 Å². The van der Waals surface area contributed by atoms with E-state index in [0.29, 0.717) is 6.61 Å². The van der Waals surface area contributed by atoms with Crippen molar-refractivity contribution in [1.82, 2.24) is 4.90 Å². The first-order chi connectivity index (χ1) is 7.76. The molecule has 1 aliphatic rings. The fourth-order valence-electron chi connectivity index (χ4n) is 1.29. The van der Waals surface area contributed by atoms with E-state index in [9.17, 15) is 4.79 Å². The Hall–Kier alpha value is -0.730. The molecule has 0 radical (unpaired) electrons. The highest BCUT2D eigenvalue weighted by Crippen LogP contribution is 2.09. The summed E-state index contributed by atoms with van der Waals surface area (Å²) < 4.78 is 4.87. The second kappa shape index (κ2) is 14.3. The number of nitrogens with zero attached hydrogens (tertiary/aromatic N) is 1. The van der Waals surface area contributed by atoms with E-state index in [4.69, 9.17) is 4.74 Å². The van der Waals surface area contributed by atoms with Gasteiger partial charge in [0.05, 0.1) is 6.61 Å². The van der Waals surface area contributed by atoms with Crippen LogP contribution in [0.4, 0.5) is 4.79 Å². The quantitative estimate of drug-likeness (QED) is 0.680. The fraction of sp³-hybridized carbons (Fsp3) is 0.923. The second-order valence-corrected chi connectivity index (χ2v) is 3.45. The zero-order valence-corrected chi connectivity index (χ0v) is 11.7. The van der Waals surface area contributed by atoms with Crippen molar-refractivity contribution in [2.24, 2.45) is 0 Å². The zero-order chi connectivity index (χ0) is 12.8. The highest BCUT2D eigenvalue weighted by atomic mass is 16.6. The van der Waals surface area contributed by atoms with Gasteiger partial charge in [-0.15, -0.1) is 0 Å². The van der Waals surface area contributed by atoms with E-state index in [2.05, 4.69) is 13.8 Å². The van der Waals surface area contributed by atoms with Crippen LogP contribution in [-0.2, 0) is 4.74 Å². The SMILES string of the molecule is CC.CCC.CCOC(=O)N1CCCCC1. The molecule has 0 bridgehead atoms. The molecule has 98 valence electrons. The summed E-state index contributed by atoms with van der Waals surface area (Å²) in [6.07, 6.45) is 4.60. The maximum Gasteiger partial charge on any atom is 0.409 e. The Morgan fingerprint density at radius 2 is 1.50 bits per heavy atom. The molecule has 0 spiro atoms. The lowest BCUT2D eigenvalue weighted by Gasteiger charge is -2.25. The molecule has 0 N–H and O–H groups in total. The van der Waals surface area contributed by atoms with Gasteiger partial charge >= 0.3 is 6.09 Å². The summed E-state index contributed by atoms with van der Waals surface area (Å²) in [4.78, 5) is 12.9. The monoisotopic (exact) mass is 231 g/mol. The fourth-order valence-corrected chi connectivity index (χ4v) is 1.29. The lowest BCUT2D eigenvalue weighted by atomic mass is 10.1. The largest absolute Gasteiger partial charge is 0.450 e. The summed E-state index contributed by atoms with van der Waals surface area (Å²) in [7, 11) is 0. The van der Waals surface area contributed by atoms with E-state index in [1.165, 1.54) is 12.8 Å². The van der Waals surface area contributed by atoms with E-state index >= 15 is 0 Å². The standard InChI is InChI=1S/C8H15NO2.C3H8.C2H6/c1-2-11-8(10)9-6-4-3-5-7-9;1-3-2;1-2/h2-7H2,1H3;3H2,1-2H3;1-2H3. The van der Waals surface area contributed by atoms with Crippen LogP contribution in [0.2, 0.25) is 0 Å². The number of rotatable bonds is 1. The van der Waals surface area contributed by atoms with Crippen LogP contribution in [0, 0.1) is 0 Å². The molecular weight excluding hydrogens is 202 g/mol. The van der Waals surface area contributed by atoms with E-state index < -0.39 is 0 Å². The van der Waals surface area contributed by atoms with Crippen molar-refractivity contribution >= 4 is 6.09 Å². The van der Waals surface area contributed by atoms with Crippen molar-refractivity contribution in [3.8, 4) is 0 Å². The predicted octanol–water partition coefficient (Wildman–Crippen LogP) is 4.07. The second-order valence-electron chi connectivity index (χ2n) is 3.45. The summed E-state index contributed by atoms with van der Waals surface area (Å²) >= 11 is 0. The van der Waals surface area contributed by atoms with Gasteiger partial charge in [0.15, 0.2) is 0 Å². The van der Waals surface area contributed by atoms with E-state index in [0.717, 1.165) is 25.9 Å². The van der Waals surface area contributed by atoms with Gasteiger partial charge in [0.25, 0.3) is 0 Å². The summed E-state index contributed by atoms with van der Waals surface area (Å²) in [6, 6.07) is 0. The van der Waals surface area contributed by atoms with Crippen LogP contribution >= 0.6 is 0 Å². The van der Waals surface area contributed by atoms with Crippen molar-refractivity contribution in [2.45, 2.75) is 60.3 Å². The molecule has 0 saturated carbocycles. The number of hydrogen-bond acceptors (Lipinski definition) is 2. The highest BCUT2D eigenvalue weighted by Gasteiger charge is 2.16. The number of carbonyl (C=O) groups excluding carboxylic acids is 1. The van der Waals surface area contributed by atoms with Crippen LogP contribution in [0.5, 0.6) is 0 Å². The minimum atomic E-state index is -0.146. The van der Waals surface area contributed by atoms with Crippen LogP contribution in [0.25, 0.3) is 0 Å². The summed E-state index contributed by atoms with van der Waals surface area (Å²) in [5.41, 5.74) is 0.